The number of hydrogen-bond donors (Lipinski definition) is 0. The van der Waals surface area contributed by atoms with E-state index in [1.54, 1.807) is 9.80 Å². The Hall–Kier alpha value is -2.01. The molecule has 2 aromatic carbocycles. The number of carbonyl (C=O) groups is 2. The first-order valence-electron chi connectivity index (χ1n) is 7.77. The number of amides is 2. The number of hydrogen-bond acceptors (Lipinski definition) is 3. The third-order valence-corrected chi connectivity index (χ3v) is 4.99. The number of thioether (sulfide) groups is 1. The normalized spacial score (nSPS) is 14.5. The summed E-state index contributed by atoms with van der Waals surface area (Å²) >= 11 is 1.33. The highest BCUT2D eigenvalue weighted by Crippen LogP contribution is 2.18. The van der Waals surface area contributed by atoms with Crippen LogP contribution in [0.25, 0.3) is 10.8 Å². The zero-order chi connectivity index (χ0) is 16.2. The monoisotopic (exact) mass is 328 g/mol. The van der Waals surface area contributed by atoms with Crippen molar-refractivity contribution in [1.82, 2.24) is 9.80 Å². The molecule has 1 heterocycles. The third kappa shape index (κ3) is 3.85. The summed E-state index contributed by atoms with van der Waals surface area (Å²) in [6, 6.07) is 14.5. The molecule has 0 aliphatic carbocycles. The minimum absolute atomic E-state index is 0.0721. The highest BCUT2D eigenvalue weighted by molar-refractivity contribution is 8.13. The average Bonchev–Trinajstić information content (AvgIpc) is 2.97. The van der Waals surface area contributed by atoms with Crippen LogP contribution >= 0.6 is 11.8 Å². The van der Waals surface area contributed by atoms with Gasteiger partial charge in [-0.1, -0.05) is 48.2 Å². The van der Waals surface area contributed by atoms with E-state index >= 15 is 0 Å². The van der Waals surface area contributed by atoms with Crippen LogP contribution in [-0.2, 0) is 11.3 Å². The van der Waals surface area contributed by atoms with Crippen molar-refractivity contribution in [3.05, 3.63) is 48.0 Å². The van der Waals surface area contributed by atoms with Crippen LogP contribution in [0.15, 0.2) is 42.5 Å². The second-order valence-corrected chi connectivity index (χ2v) is 6.83. The first kappa shape index (κ1) is 15.9. The van der Waals surface area contributed by atoms with Crippen LogP contribution in [0.4, 0.5) is 4.79 Å². The smallest absolute Gasteiger partial charge is 0.281 e. The topological polar surface area (TPSA) is 40.6 Å². The van der Waals surface area contributed by atoms with Crippen LogP contribution < -0.4 is 0 Å². The third-order valence-electron chi connectivity index (χ3n) is 4.10. The van der Waals surface area contributed by atoms with E-state index in [-0.39, 0.29) is 11.1 Å². The molecule has 5 heteroatoms. The van der Waals surface area contributed by atoms with Gasteiger partial charge in [-0.05, 0) is 22.4 Å². The van der Waals surface area contributed by atoms with Gasteiger partial charge in [0.15, 0.2) is 0 Å². The van der Waals surface area contributed by atoms with E-state index in [0.29, 0.717) is 19.5 Å². The number of nitrogens with zero attached hydrogens (tertiary/aromatic N) is 2. The van der Waals surface area contributed by atoms with Crippen molar-refractivity contribution in [3.63, 3.8) is 0 Å². The van der Waals surface area contributed by atoms with Gasteiger partial charge in [0.1, 0.15) is 0 Å². The minimum atomic E-state index is 0.0721. The number of fused-ring (bicyclic) bond motifs is 1. The molecule has 23 heavy (non-hydrogen) atoms. The molecule has 0 N–H and O–H groups in total. The van der Waals surface area contributed by atoms with Gasteiger partial charge in [-0.15, -0.1) is 0 Å². The Bertz CT molecular complexity index is 732. The lowest BCUT2D eigenvalue weighted by atomic mass is 10.1. The maximum atomic E-state index is 12.3. The second-order valence-electron chi connectivity index (χ2n) is 5.78. The lowest BCUT2D eigenvalue weighted by molar-refractivity contribution is -0.130. The Balaban J connectivity index is 1.57. The van der Waals surface area contributed by atoms with Crippen molar-refractivity contribution < 1.29 is 9.59 Å². The molecule has 0 atom stereocenters. The van der Waals surface area contributed by atoms with E-state index in [9.17, 15) is 9.59 Å². The van der Waals surface area contributed by atoms with Gasteiger partial charge in [0, 0.05) is 38.9 Å². The molecule has 4 nitrogen and oxygen atoms in total. The van der Waals surface area contributed by atoms with E-state index in [4.69, 9.17) is 0 Å². The Morgan fingerprint density at radius 2 is 2.00 bits per heavy atom. The van der Waals surface area contributed by atoms with Crippen molar-refractivity contribution in [1.29, 1.82) is 0 Å². The maximum Gasteiger partial charge on any atom is 0.281 e. The molecule has 0 radical (unpaired) electrons. The van der Waals surface area contributed by atoms with Gasteiger partial charge in [0.25, 0.3) is 5.24 Å². The molecule has 0 bridgehead atoms. The van der Waals surface area contributed by atoms with E-state index in [0.717, 1.165) is 17.9 Å². The quantitative estimate of drug-likeness (QED) is 0.845. The fraction of sp³-hybridized carbons (Fsp3) is 0.333. The standard InChI is InChI=1S/C18H20N2O2S/c1-19(17(21)8-9-20-10-11-23-18(20)22)13-14-6-7-15-4-2-3-5-16(15)12-14/h2-7,12H,8-11,13H2,1H3. The summed E-state index contributed by atoms with van der Waals surface area (Å²) in [5.74, 6) is 0.905. The van der Waals surface area contributed by atoms with E-state index in [2.05, 4.69) is 30.3 Å². The minimum Gasteiger partial charge on any atom is -0.341 e. The first-order chi connectivity index (χ1) is 11.1. The van der Waals surface area contributed by atoms with Crippen LogP contribution in [0.5, 0.6) is 0 Å². The van der Waals surface area contributed by atoms with Gasteiger partial charge in [0.2, 0.25) is 5.91 Å². The van der Waals surface area contributed by atoms with E-state index in [1.165, 1.54) is 22.5 Å². The molecular weight excluding hydrogens is 308 g/mol. The molecule has 1 saturated heterocycles. The maximum absolute atomic E-state index is 12.3. The summed E-state index contributed by atoms with van der Waals surface area (Å²) in [6.45, 7) is 1.87. The lowest BCUT2D eigenvalue weighted by Gasteiger charge is -2.20. The fourth-order valence-corrected chi connectivity index (χ4v) is 3.60. The van der Waals surface area contributed by atoms with Gasteiger partial charge in [-0.2, -0.15) is 0 Å². The number of benzene rings is 2. The van der Waals surface area contributed by atoms with Crippen molar-refractivity contribution in [2.24, 2.45) is 0 Å². The largest absolute Gasteiger partial charge is 0.341 e. The number of rotatable bonds is 5. The summed E-state index contributed by atoms with van der Waals surface area (Å²) < 4.78 is 0. The molecular formula is C18H20N2O2S. The van der Waals surface area contributed by atoms with Crippen LogP contribution in [-0.4, -0.2) is 46.8 Å². The lowest BCUT2D eigenvalue weighted by Crippen LogP contribution is -2.32. The Morgan fingerprint density at radius 3 is 2.74 bits per heavy atom. The second kappa shape index (κ2) is 7.04. The molecule has 2 amide bonds. The Kier molecular flexibility index (Phi) is 4.86. The Morgan fingerprint density at radius 1 is 1.22 bits per heavy atom. The van der Waals surface area contributed by atoms with Gasteiger partial charge in [0.05, 0.1) is 0 Å². The van der Waals surface area contributed by atoms with Gasteiger partial charge >= 0.3 is 0 Å². The summed E-state index contributed by atoms with van der Waals surface area (Å²) in [7, 11) is 1.82. The van der Waals surface area contributed by atoms with Gasteiger partial charge in [-0.3, -0.25) is 9.59 Å². The SMILES string of the molecule is CN(Cc1ccc2ccccc2c1)C(=O)CCN1CCSC1=O. The molecule has 1 fully saturated rings. The Labute approximate surface area is 140 Å². The summed E-state index contributed by atoms with van der Waals surface area (Å²) in [5.41, 5.74) is 1.12. The van der Waals surface area contributed by atoms with E-state index in [1.807, 2.05) is 19.2 Å². The van der Waals surface area contributed by atoms with Crippen LogP contribution in [0.2, 0.25) is 0 Å². The summed E-state index contributed by atoms with van der Waals surface area (Å²) in [4.78, 5) is 27.3. The molecule has 0 saturated carbocycles. The highest BCUT2D eigenvalue weighted by atomic mass is 32.2. The highest BCUT2D eigenvalue weighted by Gasteiger charge is 2.22. The molecule has 0 aromatic heterocycles. The van der Waals surface area contributed by atoms with Crippen LogP contribution in [0.1, 0.15) is 12.0 Å². The molecule has 0 spiro atoms. The zero-order valence-electron chi connectivity index (χ0n) is 13.2. The molecule has 1 aliphatic heterocycles. The zero-order valence-corrected chi connectivity index (χ0v) is 14.0. The fourth-order valence-electron chi connectivity index (χ4n) is 2.75. The van der Waals surface area contributed by atoms with Gasteiger partial charge in [-0.25, -0.2) is 0 Å². The van der Waals surface area contributed by atoms with Crippen LogP contribution in [0.3, 0.4) is 0 Å². The molecule has 0 unspecified atom stereocenters. The molecule has 120 valence electrons. The summed E-state index contributed by atoms with van der Waals surface area (Å²) in [6.07, 6.45) is 0.385. The predicted molar refractivity (Wildman–Crippen MR) is 94.5 cm³/mol. The number of carbonyl (C=O) groups excluding carboxylic acids is 2. The summed E-state index contributed by atoms with van der Waals surface area (Å²) in [5, 5.41) is 2.48. The van der Waals surface area contributed by atoms with Crippen molar-refractivity contribution in [3.8, 4) is 0 Å². The van der Waals surface area contributed by atoms with Gasteiger partial charge < -0.3 is 9.80 Å². The first-order valence-corrected chi connectivity index (χ1v) is 8.75. The van der Waals surface area contributed by atoms with Crippen molar-refractivity contribution >= 4 is 33.7 Å². The molecule has 1 aliphatic rings. The molecule has 2 aromatic rings. The van der Waals surface area contributed by atoms with Crippen LogP contribution in [0, 0.1) is 0 Å². The van der Waals surface area contributed by atoms with Crippen molar-refractivity contribution in [2.75, 3.05) is 25.9 Å². The predicted octanol–water partition coefficient (Wildman–Crippen LogP) is 3.36. The molecule has 3 rings (SSSR count). The van der Waals surface area contributed by atoms with Crippen molar-refractivity contribution in [2.45, 2.75) is 13.0 Å². The average molecular weight is 328 g/mol. The van der Waals surface area contributed by atoms with E-state index < -0.39 is 0 Å².